The van der Waals surface area contributed by atoms with Gasteiger partial charge in [-0.15, -0.1) is 0 Å². The number of hydrogen-bond acceptors (Lipinski definition) is 4. The maximum absolute atomic E-state index is 12.3. The number of anilines is 1. The fourth-order valence-corrected chi connectivity index (χ4v) is 2.06. The molecule has 0 bridgehead atoms. The van der Waals surface area contributed by atoms with Gasteiger partial charge in [-0.1, -0.05) is 13.8 Å². The van der Waals surface area contributed by atoms with Crippen LogP contribution in [0.4, 0.5) is 5.82 Å². The quantitative estimate of drug-likeness (QED) is 0.894. The molecular formula is C14H17N5O. The molecule has 0 unspecified atom stereocenters. The van der Waals surface area contributed by atoms with E-state index in [0.29, 0.717) is 17.3 Å². The van der Waals surface area contributed by atoms with E-state index in [-0.39, 0.29) is 11.8 Å². The predicted octanol–water partition coefficient (Wildman–Crippen LogP) is 2.45. The first kappa shape index (κ1) is 12.8. The molecule has 6 heteroatoms. The Balaban J connectivity index is 1.78. The van der Waals surface area contributed by atoms with E-state index in [1.165, 1.54) is 0 Å². The highest BCUT2D eigenvalue weighted by atomic mass is 16.1. The van der Waals surface area contributed by atoms with E-state index in [1.54, 1.807) is 18.6 Å². The first-order chi connectivity index (χ1) is 9.65. The van der Waals surface area contributed by atoms with Gasteiger partial charge in [0, 0.05) is 12.1 Å². The number of amides is 1. The van der Waals surface area contributed by atoms with E-state index in [2.05, 4.69) is 25.5 Å². The Bertz CT molecular complexity index is 630. The number of H-pyrrole nitrogens is 1. The van der Waals surface area contributed by atoms with Crippen molar-refractivity contribution in [3.05, 3.63) is 35.5 Å². The number of carbonyl (C=O) groups is 1. The molecule has 0 atom stereocenters. The van der Waals surface area contributed by atoms with Crippen molar-refractivity contribution in [1.82, 2.24) is 20.2 Å². The van der Waals surface area contributed by atoms with Crippen molar-refractivity contribution in [2.75, 3.05) is 5.32 Å². The van der Waals surface area contributed by atoms with Crippen molar-refractivity contribution >= 4 is 11.7 Å². The molecule has 1 amide bonds. The maximum Gasteiger partial charge on any atom is 0.260 e. The minimum Gasteiger partial charge on any atom is -0.305 e. The molecule has 6 nitrogen and oxygen atoms in total. The van der Waals surface area contributed by atoms with E-state index in [9.17, 15) is 4.79 Å². The minimum absolute atomic E-state index is 0.184. The van der Waals surface area contributed by atoms with Gasteiger partial charge >= 0.3 is 0 Å². The molecule has 2 aromatic rings. The van der Waals surface area contributed by atoms with Crippen molar-refractivity contribution in [1.29, 1.82) is 0 Å². The van der Waals surface area contributed by atoms with Gasteiger partial charge in [-0.3, -0.25) is 14.9 Å². The summed E-state index contributed by atoms with van der Waals surface area (Å²) < 4.78 is 0. The third kappa shape index (κ3) is 2.54. The lowest BCUT2D eigenvalue weighted by Crippen LogP contribution is -2.15. The van der Waals surface area contributed by atoms with E-state index in [4.69, 9.17) is 0 Å². The predicted molar refractivity (Wildman–Crippen MR) is 74.6 cm³/mol. The van der Waals surface area contributed by atoms with Gasteiger partial charge in [0.05, 0.1) is 29.3 Å². The van der Waals surface area contributed by atoms with Crippen LogP contribution < -0.4 is 5.32 Å². The summed E-state index contributed by atoms with van der Waals surface area (Å²) in [6.45, 7) is 4.08. The molecule has 2 N–H and O–H groups in total. The zero-order chi connectivity index (χ0) is 14.1. The van der Waals surface area contributed by atoms with Gasteiger partial charge in [0.1, 0.15) is 0 Å². The Morgan fingerprint density at radius 3 is 2.85 bits per heavy atom. The van der Waals surface area contributed by atoms with Gasteiger partial charge in [-0.25, -0.2) is 4.98 Å². The summed E-state index contributed by atoms with van der Waals surface area (Å²) >= 11 is 0. The van der Waals surface area contributed by atoms with E-state index >= 15 is 0 Å². The van der Waals surface area contributed by atoms with Crippen LogP contribution in [-0.4, -0.2) is 26.1 Å². The van der Waals surface area contributed by atoms with Crippen LogP contribution in [0, 0.1) is 0 Å². The van der Waals surface area contributed by atoms with Gasteiger partial charge in [0.25, 0.3) is 5.91 Å². The van der Waals surface area contributed by atoms with Crippen LogP contribution in [0.15, 0.2) is 18.6 Å². The van der Waals surface area contributed by atoms with Crippen LogP contribution in [0.3, 0.4) is 0 Å². The maximum atomic E-state index is 12.3. The zero-order valence-electron chi connectivity index (χ0n) is 11.6. The van der Waals surface area contributed by atoms with Crippen molar-refractivity contribution in [2.45, 2.75) is 38.5 Å². The molecule has 20 heavy (non-hydrogen) atoms. The Hall–Kier alpha value is -2.24. The second-order valence-corrected chi connectivity index (χ2v) is 5.41. The van der Waals surface area contributed by atoms with Crippen molar-refractivity contribution in [3.8, 4) is 0 Å². The fourth-order valence-electron chi connectivity index (χ4n) is 2.06. The average molecular weight is 271 g/mol. The summed E-state index contributed by atoms with van der Waals surface area (Å²) in [5.41, 5.74) is 2.39. The molecule has 104 valence electrons. The van der Waals surface area contributed by atoms with Gasteiger partial charge in [-0.2, -0.15) is 5.10 Å². The summed E-state index contributed by atoms with van der Waals surface area (Å²) in [5, 5.41) is 9.68. The molecule has 2 aromatic heterocycles. The Morgan fingerprint density at radius 2 is 2.15 bits per heavy atom. The van der Waals surface area contributed by atoms with Crippen LogP contribution in [0.2, 0.25) is 0 Å². The van der Waals surface area contributed by atoms with Crippen LogP contribution in [0.25, 0.3) is 0 Å². The Kier molecular flexibility index (Phi) is 3.22. The highest BCUT2D eigenvalue weighted by molar-refractivity contribution is 6.04. The van der Waals surface area contributed by atoms with Crippen molar-refractivity contribution in [3.63, 3.8) is 0 Å². The molecule has 3 rings (SSSR count). The van der Waals surface area contributed by atoms with Crippen molar-refractivity contribution in [2.24, 2.45) is 0 Å². The van der Waals surface area contributed by atoms with E-state index in [0.717, 1.165) is 24.2 Å². The highest BCUT2D eigenvalue weighted by Crippen LogP contribution is 2.40. The second kappa shape index (κ2) is 5.03. The number of aromatic nitrogens is 4. The molecule has 0 radical (unpaired) electrons. The normalized spacial score (nSPS) is 14.6. The van der Waals surface area contributed by atoms with E-state index in [1.807, 2.05) is 13.8 Å². The summed E-state index contributed by atoms with van der Waals surface area (Å²) in [6, 6.07) is 0. The molecule has 0 saturated heterocycles. The molecule has 0 spiro atoms. The van der Waals surface area contributed by atoms with Crippen LogP contribution >= 0.6 is 0 Å². The molecule has 2 heterocycles. The van der Waals surface area contributed by atoms with Gasteiger partial charge in [0.15, 0.2) is 5.82 Å². The fraction of sp³-hybridized carbons (Fsp3) is 0.429. The molecule has 0 aromatic carbocycles. The first-order valence-corrected chi connectivity index (χ1v) is 6.81. The molecular weight excluding hydrogens is 254 g/mol. The second-order valence-electron chi connectivity index (χ2n) is 5.41. The smallest absolute Gasteiger partial charge is 0.260 e. The first-order valence-electron chi connectivity index (χ1n) is 6.81. The number of hydrogen-bond donors (Lipinski definition) is 2. The van der Waals surface area contributed by atoms with Gasteiger partial charge < -0.3 is 5.32 Å². The molecule has 0 aliphatic heterocycles. The molecule has 1 aliphatic rings. The molecule has 1 saturated carbocycles. The monoisotopic (exact) mass is 271 g/mol. The molecule has 1 aliphatic carbocycles. The average Bonchev–Trinajstić information content (AvgIpc) is 3.16. The summed E-state index contributed by atoms with van der Waals surface area (Å²) in [6.07, 6.45) is 7.08. The molecule has 1 fully saturated rings. The van der Waals surface area contributed by atoms with Crippen LogP contribution in [-0.2, 0) is 0 Å². The number of nitrogens with zero attached hydrogens (tertiary/aromatic N) is 3. The summed E-state index contributed by atoms with van der Waals surface area (Å²) in [4.78, 5) is 20.8. The van der Waals surface area contributed by atoms with Gasteiger partial charge in [0.2, 0.25) is 0 Å². The summed E-state index contributed by atoms with van der Waals surface area (Å²) in [5.74, 6) is 1.02. The standard InChI is InChI=1S/C14H17N5O/c1-8(2)11-6-15-7-12(17-11)18-14(20)10-5-16-19-13(10)9-3-4-9/h5-9H,3-4H2,1-2H3,(H,16,19)(H,17,18,20). The lowest BCUT2D eigenvalue weighted by atomic mass is 10.1. The van der Waals surface area contributed by atoms with Crippen molar-refractivity contribution < 1.29 is 4.79 Å². The Labute approximate surface area is 117 Å². The number of aromatic amines is 1. The minimum atomic E-state index is -0.184. The zero-order valence-corrected chi connectivity index (χ0v) is 11.6. The number of nitrogens with one attached hydrogen (secondary N) is 2. The van der Waals surface area contributed by atoms with Crippen LogP contribution in [0.1, 0.15) is 60.3 Å². The van der Waals surface area contributed by atoms with Crippen LogP contribution in [0.5, 0.6) is 0 Å². The number of carbonyl (C=O) groups excluding carboxylic acids is 1. The lowest BCUT2D eigenvalue weighted by Gasteiger charge is -2.07. The van der Waals surface area contributed by atoms with E-state index < -0.39 is 0 Å². The van der Waals surface area contributed by atoms with Gasteiger partial charge in [-0.05, 0) is 18.8 Å². The SMILES string of the molecule is CC(C)c1cncc(NC(=O)c2cn[nH]c2C2CC2)n1. The number of rotatable bonds is 4. The topological polar surface area (TPSA) is 83.6 Å². The lowest BCUT2D eigenvalue weighted by molar-refractivity contribution is 0.102. The summed E-state index contributed by atoms with van der Waals surface area (Å²) in [7, 11) is 0. The third-order valence-corrected chi connectivity index (χ3v) is 3.39. The third-order valence-electron chi connectivity index (χ3n) is 3.39. The Morgan fingerprint density at radius 1 is 1.35 bits per heavy atom. The largest absolute Gasteiger partial charge is 0.305 e. The highest BCUT2D eigenvalue weighted by Gasteiger charge is 2.30.